The molecular weight excluding hydrogens is 206 g/mol. The highest BCUT2D eigenvalue weighted by Gasteiger charge is 2.25. The summed E-state index contributed by atoms with van der Waals surface area (Å²) in [5, 5.41) is 9.20. The molecule has 16 heavy (non-hydrogen) atoms. The van der Waals surface area contributed by atoms with Crippen LogP contribution in [-0.2, 0) is 24.4 Å². The molecule has 1 heterocycles. The van der Waals surface area contributed by atoms with Crippen molar-refractivity contribution in [1.29, 1.82) is 0 Å². The quantitative estimate of drug-likeness (QED) is 0.826. The molecule has 0 aliphatic carbocycles. The number of rotatable bonds is 2. The number of carbonyl (C=O) groups excluding carboxylic acids is 1. The Labute approximate surface area is 94.4 Å². The number of amides is 1. The lowest BCUT2D eigenvalue weighted by atomic mass is 10.0. The molecular formula is C12H15NO3. The van der Waals surface area contributed by atoms with Crippen molar-refractivity contribution in [2.24, 2.45) is 0 Å². The van der Waals surface area contributed by atoms with Gasteiger partial charge in [-0.2, -0.15) is 0 Å². The third-order valence-corrected chi connectivity index (χ3v) is 2.78. The maximum Gasteiger partial charge on any atom is 0.410 e. The molecule has 0 atom stereocenters. The minimum atomic E-state index is -0.289. The van der Waals surface area contributed by atoms with Gasteiger partial charge in [-0.25, -0.2) is 4.79 Å². The number of hydrogen-bond donors (Lipinski definition) is 1. The first kappa shape index (κ1) is 11.0. The van der Waals surface area contributed by atoms with Crippen molar-refractivity contribution in [3.8, 4) is 0 Å². The fourth-order valence-electron chi connectivity index (χ4n) is 1.98. The molecule has 0 fully saturated rings. The molecule has 0 saturated carbocycles. The molecule has 0 radical (unpaired) electrons. The van der Waals surface area contributed by atoms with Gasteiger partial charge in [0, 0.05) is 6.54 Å². The number of fused-ring (bicyclic) bond motifs is 1. The molecule has 1 aliphatic rings. The lowest BCUT2D eigenvalue weighted by molar-refractivity contribution is 0.106. The van der Waals surface area contributed by atoms with Gasteiger partial charge in [0.15, 0.2) is 0 Å². The topological polar surface area (TPSA) is 49.8 Å². The van der Waals surface area contributed by atoms with E-state index in [0.29, 0.717) is 19.7 Å². The van der Waals surface area contributed by atoms with Crippen LogP contribution in [0.15, 0.2) is 18.2 Å². The summed E-state index contributed by atoms with van der Waals surface area (Å²) in [5.41, 5.74) is 3.04. The van der Waals surface area contributed by atoms with Crippen LogP contribution in [0.4, 0.5) is 4.79 Å². The van der Waals surface area contributed by atoms with Gasteiger partial charge in [0.2, 0.25) is 0 Å². The summed E-state index contributed by atoms with van der Waals surface area (Å²) in [6.45, 7) is 3.30. The average molecular weight is 221 g/mol. The van der Waals surface area contributed by atoms with Crippen LogP contribution in [-0.4, -0.2) is 22.7 Å². The zero-order chi connectivity index (χ0) is 11.5. The predicted octanol–water partition coefficient (Wildman–Crippen LogP) is 1.65. The van der Waals surface area contributed by atoms with E-state index in [-0.39, 0.29) is 12.7 Å². The molecule has 0 bridgehead atoms. The van der Waals surface area contributed by atoms with Gasteiger partial charge in [0.25, 0.3) is 0 Å². The SMILES string of the molecule is CCOC(=O)N1Cc2cccc(CO)c2C1. The number of hydrogen-bond acceptors (Lipinski definition) is 3. The van der Waals surface area contributed by atoms with E-state index < -0.39 is 0 Å². The highest BCUT2D eigenvalue weighted by atomic mass is 16.6. The number of carbonyl (C=O) groups is 1. The summed E-state index contributed by atoms with van der Waals surface area (Å²) in [6.07, 6.45) is -0.289. The first-order chi connectivity index (χ1) is 7.76. The van der Waals surface area contributed by atoms with Gasteiger partial charge in [0.1, 0.15) is 0 Å². The molecule has 1 aromatic rings. The lowest BCUT2D eigenvalue weighted by Crippen LogP contribution is -2.26. The number of nitrogens with zero attached hydrogens (tertiary/aromatic N) is 1. The van der Waals surface area contributed by atoms with E-state index in [1.54, 1.807) is 11.8 Å². The van der Waals surface area contributed by atoms with Gasteiger partial charge in [-0.15, -0.1) is 0 Å². The van der Waals surface area contributed by atoms with Crippen molar-refractivity contribution in [1.82, 2.24) is 4.90 Å². The van der Waals surface area contributed by atoms with E-state index in [2.05, 4.69) is 0 Å². The fourth-order valence-corrected chi connectivity index (χ4v) is 1.98. The predicted molar refractivity (Wildman–Crippen MR) is 58.6 cm³/mol. The average Bonchev–Trinajstić information content (AvgIpc) is 2.72. The second-order valence-corrected chi connectivity index (χ2v) is 3.77. The van der Waals surface area contributed by atoms with E-state index in [0.717, 1.165) is 16.7 Å². The van der Waals surface area contributed by atoms with Gasteiger partial charge in [-0.05, 0) is 23.6 Å². The van der Waals surface area contributed by atoms with E-state index >= 15 is 0 Å². The zero-order valence-electron chi connectivity index (χ0n) is 9.27. The van der Waals surface area contributed by atoms with Gasteiger partial charge < -0.3 is 9.84 Å². The molecule has 0 saturated heterocycles. The summed E-state index contributed by atoms with van der Waals surface area (Å²) in [7, 11) is 0. The van der Waals surface area contributed by atoms with Crippen LogP contribution in [0.3, 0.4) is 0 Å². The van der Waals surface area contributed by atoms with Crippen LogP contribution in [0, 0.1) is 0 Å². The lowest BCUT2D eigenvalue weighted by Gasteiger charge is -2.14. The second-order valence-electron chi connectivity index (χ2n) is 3.77. The van der Waals surface area contributed by atoms with E-state index in [1.807, 2.05) is 18.2 Å². The smallest absolute Gasteiger partial charge is 0.410 e. The molecule has 1 N–H and O–H groups in total. The summed E-state index contributed by atoms with van der Waals surface area (Å²) in [4.78, 5) is 13.2. The van der Waals surface area contributed by atoms with Crippen molar-refractivity contribution in [3.63, 3.8) is 0 Å². The van der Waals surface area contributed by atoms with Gasteiger partial charge in [-0.3, -0.25) is 4.90 Å². The Kier molecular flexibility index (Phi) is 3.10. The highest BCUT2D eigenvalue weighted by molar-refractivity contribution is 5.69. The second kappa shape index (κ2) is 4.53. The van der Waals surface area contributed by atoms with Crippen LogP contribution in [0.5, 0.6) is 0 Å². The fraction of sp³-hybridized carbons (Fsp3) is 0.417. The van der Waals surface area contributed by atoms with Crippen LogP contribution in [0.2, 0.25) is 0 Å². The minimum absolute atomic E-state index is 0.0137. The maximum absolute atomic E-state index is 11.6. The standard InChI is InChI=1S/C12H15NO3/c1-2-16-12(15)13-6-9-4-3-5-10(8-14)11(9)7-13/h3-5,14H,2,6-8H2,1H3. The monoisotopic (exact) mass is 221 g/mol. The highest BCUT2D eigenvalue weighted by Crippen LogP contribution is 2.26. The molecule has 0 spiro atoms. The summed E-state index contributed by atoms with van der Waals surface area (Å²) in [5.74, 6) is 0. The van der Waals surface area contributed by atoms with Gasteiger partial charge in [-0.1, -0.05) is 18.2 Å². The Hall–Kier alpha value is -1.55. The molecule has 86 valence electrons. The van der Waals surface area contributed by atoms with Crippen LogP contribution in [0.1, 0.15) is 23.6 Å². The Morgan fingerprint density at radius 2 is 2.31 bits per heavy atom. The van der Waals surface area contributed by atoms with E-state index in [9.17, 15) is 9.90 Å². The first-order valence-corrected chi connectivity index (χ1v) is 5.38. The molecule has 0 unspecified atom stereocenters. The van der Waals surface area contributed by atoms with Crippen molar-refractivity contribution in [3.05, 3.63) is 34.9 Å². The normalized spacial score (nSPS) is 13.8. The third kappa shape index (κ3) is 1.88. The van der Waals surface area contributed by atoms with E-state index in [4.69, 9.17) is 4.74 Å². The van der Waals surface area contributed by atoms with E-state index in [1.165, 1.54) is 0 Å². The van der Waals surface area contributed by atoms with Gasteiger partial charge in [0.05, 0.1) is 19.8 Å². The molecule has 1 aromatic carbocycles. The number of aliphatic hydroxyl groups excluding tert-OH is 1. The largest absolute Gasteiger partial charge is 0.450 e. The van der Waals surface area contributed by atoms with Crippen molar-refractivity contribution in [2.45, 2.75) is 26.6 Å². The molecule has 1 aliphatic heterocycles. The Morgan fingerprint density at radius 3 is 3.00 bits per heavy atom. The molecule has 1 amide bonds. The van der Waals surface area contributed by atoms with Crippen LogP contribution < -0.4 is 0 Å². The summed E-state index contributed by atoms with van der Waals surface area (Å²) < 4.78 is 4.96. The van der Waals surface area contributed by atoms with Crippen molar-refractivity contribution < 1.29 is 14.6 Å². The molecule has 2 rings (SSSR count). The molecule has 0 aromatic heterocycles. The number of ether oxygens (including phenoxy) is 1. The van der Waals surface area contributed by atoms with Crippen LogP contribution >= 0.6 is 0 Å². The van der Waals surface area contributed by atoms with Crippen LogP contribution in [0.25, 0.3) is 0 Å². The number of benzene rings is 1. The van der Waals surface area contributed by atoms with Gasteiger partial charge >= 0.3 is 6.09 Å². The maximum atomic E-state index is 11.6. The Morgan fingerprint density at radius 1 is 1.50 bits per heavy atom. The van der Waals surface area contributed by atoms with Crippen molar-refractivity contribution in [2.75, 3.05) is 6.61 Å². The number of aliphatic hydroxyl groups is 1. The molecule has 4 heteroatoms. The van der Waals surface area contributed by atoms with Crippen molar-refractivity contribution >= 4 is 6.09 Å². The minimum Gasteiger partial charge on any atom is -0.450 e. The zero-order valence-corrected chi connectivity index (χ0v) is 9.27. The first-order valence-electron chi connectivity index (χ1n) is 5.38. The summed E-state index contributed by atoms with van der Waals surface area (Å²) >= 11 is 0. The summed E-state index contributed by atoms with van der Waals surface area (Å²) in [6, 6.07) is 5.76. The Bertz CT molecular complexity index is 403. The third-order valence-electron chi connectivity index (χ3n) is 2.78. The Balaban J connectivity index is 2.17. The molecule has 4 nitrogen and oxygen atoms in total.